The van der Waals surface area contributed by atoms with E-state index in [2.05, 4.69) is 5.32 Å². The molecule has 1 aromatic heterocycles. The maximum Gasteiger partial charge on any atom is 0.286 e. The zero-order chi connectivity index (χ0) is 15.9. The average Bonchev–Trinajstić information content (AvgIpc) is 2.57. The number of hydrogen-bond donors (Lipinski definition) is 1. The van der Waals surface area contributed by atoms with E-state index >= 15 is 0 Å². The van der Waals surface area contributed by atoms with Gasteiger partial charge in [-0.3, -0.25) is 9.59 Å². The van der Waals surface area contributed by atoms with Crippen molar-refractivity contribution in [2.75, 3.05) is 20.3 Å². The van der Waals surface area contributed by atoms with E-state index in [0.29, 0.717) is 0 Å². The van der Waals surface area contributed by atoms with E-state index in [1.54, 1.807) is 0 Å². The Kier molecular flexibility index (Phi) is 5.66. The van der Waals surface area contributed by atoms with Crippen LogP contribution >= 0.6 is 0 Å². The zero-order valence-corrected chi connectivity index (χ0v) is 12.4. The summed E-state index contributed by atoms with van der Waals surface area (Å²) in [6.07, 6.45) is 3.93. The zero-order valence-electron chi connectivity index (χ0n) is 12.4. The molecule has 0 aliphatic carbocycles. The van der Waals surface area contributed by atoms with Gasteiger partial charge in [0.05, 0.1) is 5.39 Å². The summed E-state index contributed by atoms with van der Waals surface area (Å²) in [6.45, 7) is 2.00. The fraction of sp³-hybridized carbons (Fsp3) is 0.375. The molecule has 1 aliphatic rings. The van der Waals surface area contributed by atoms with E-state index in [0.717, 1.165) is 25.3 Å². The largest absolute Gasteiger partial charge is 0.451 e. The number of nitrogens with one attached hydrogen (secondary N) is 1. The second-order valence-corrected chi connectivity index (χ2v) is 4.87. The molecule has 2 heterocycles. The molecule has 1 saturated heterocycles. The normalized spacial score (nSPS) is 14.1. The topological polar surface area (TPSA) is 68.5 Å². The molecule has 0 unspecified atom stereocenters. The summed E-state index contributed by atoms with van der Waals surface area (Å²) in [6, 6.07) is 4.60. The minimum atomic E-state index is -0.521. The molecule has 1 aliphatic heterocycles. The van der Waals surface area contributed by atoms with Crippen molar-refractivity contribution < 1.29 is 18.3 Å². The quantitative estimate of drug-likeness (QED) is 0.879. The molecule has 0 atom stereocenters. The van der Waals surface area contributed by atoms with E-state index in [-0.39, 0.29) is 16.7 Å². The monoisotopic (exact) mass is 307 g/mol. The Morgan fingerprint density at radius 1 is 1.18 bits per heavy atom. The fourth-order valence-corrected chi connectivity index (χ4v) is 2.05. The molecule has 1 fully saturated rings. The lowest BCUT2D eigenvalue weighted by molar-refractivity contribution is 0.0936. The van der Waals surface area contributed by atoms with Crippen LogP contribution in [0, 0.1) is 5.82 Å². The molecular formula is C16H18FNO4. The van der Waals surface area contributed by atoms with Gasteiger partial charge < -0.3 is 14.5 Å². The van der Waals surface area contributed by atoms with Gasteiger partial charge in [-0.25, -0.2) is 4.39 Å². The van der Waals surface area contributed by atoms with Crippen molar-refractivity contribution >= 4 is 16.9 Å². The van der Waals surface area contributed by atoms with Crippen molar-refractivity contribution in [1.82, 2.24) is 5.32 Å². The highest BCUT2D eigenvalue weighted by molar-refractivity contribution is 5.92. The lowest BCUT2D eigenvalue weighted by Gasteiger charge is -2.08. The van der Waals surface area contributed by atoms with Crippen LogP contribution in [0.3, 0.4) is 0 Å². The summed E-state index contributed by atoms with van der Waals surface area (Å²) < 4.78 is 23.1. The summed E-state index contributed by atoms with van der Waals surface area (Å²) in [4.78, 5) is 22.8. The predicted molar refractivity (Wildman–Crippen MR) is 80.5 cm³/mol. The molecule has 22 heavy (non-hydrogen) atoms. The van der Waals surface area contributed by atoms with Gasteiger partial charge in [-0.1, -0.05) is 0 Å². The first-order chi connectivity index (χ1) is 10.6. The third kappa shape index (κ3) is 4.14. The molecule has 6 heteroatoms. The Morgan fingerprint density at radius 3 is 2.45 bits per heavy atom. The Bertz CT molecular complexity index is 695. The van der Waals surface area contributed by atoms with E-state index in [1.165, 1.54) is 38.4 Å². The second kappa shape index (κ2) is 7.70. The number of benzene rings is 1. The van der Waals surface area contributed by atoms with Gasteiger partial charge in [-0.05, 0) is 37.5 Å². The van der Waals surface area contributed by atoms with Gasteiger partial charge in [0, 0.05) is 26.3 Å². The number of rotatable bonds is 1. The number of carbonyl (C=O) groups excluding carboxylic acids is 1. The maximum absolute atomic E-state index is 12.9. The number of halogens is 1. The van der Waals surface area contributed by atoms with Crippen molar-refractivity contribution in [2.24, 2.45) is 0 Å². The van der Waals surface area contributed by atoms with Gasteiger partial charge in [-0.15, -0.1) is 0 Å². The third-order valence-electron chi connectivity index (χ3n) is 3.22. The van der Waals surface area contributed by atoms with Crippen molar-refractivity contribution in [3.63, 3.8) is 0 Å². The molecule has 118 valence electrons. The summed E-state index contributed by atoms with van der Waals surface area (Å²) in [5.41, 5.74) is -0.258. The number of fused-ring (bicyclic) bond motifs is 1. The highest BCUT2D eigenvalue weighted by atomic mass is 19.1. The molecule has 0 saturated carbocycles. The van der Waals surface area contributed by atoms with Crippen LogP contribution in [0.5, 0.6) is 0 Å². The van der Waals surface area contributed by atoms with E-state index in [1.807, 2.05) is 0 Å². The maximum atomic E-state index is 12.9. The minimum Gasteiger partial charge on any atom is -0.451 e. The van der Waals surface area contributed by atoms with E-state index in [4.69, 9.17) is 9.15 Å². The van der Waals surface area contributed by atoms with Crippen molar-refractivity contribution in [1.29, 1.82) is 0 Å². The molecular weight excluding hydrogens is 289 g/mol. The third-order valence-corrected chi connectivity index (χ3v) is 3.22. The van der Waals surface area contributed by atoms with Gasteiger partial charge in [0.25, 0.3) is 5.91 Å². The van der Waals surface area contributed by atoms with Crippen LogP contribution in [0.4, 0.5) is 4.39 Å². The first-order valence-electron chi connectivity index (χ1n) is 7.15. The van der Waals surface area contributed by atoms with Crippen molar-refractivity contribution in [3.8, 4) is 0 Å². The smallest absolute Gasteiger partial charge is 0.286 e. The standard InChI is InChI=1S/C11H8FNO3.C5H10O/c1-13-11(15)10-5-8(14)7-4-6(12)2-3-9(7)16-10;1-2-4-6-5-3-1/h2-5H,1H3,(H,13,15);1-5H2. The Morgan fingerprint density at radius 2 is 1.91 bits per heavy atom. The van der Waals surface area contributed by atoms with Gasteiger partial charge >= 0.3 is 0 Å². The Balaban J connectivity index is 0.000000246. The van der Waals surface area contributed by atoms with Crippen molar-refractivity contribution in [2.45, 2.75) is 19.3 Å². The fourth-order valence-electron chi connectivity index (χ4n) is 2.05. The van der Waals surface area contributed by atoms with Crippen LogP contribution in [0.2, 0.25) is 0 Å². The Hall–Kier alpha value is -2.21. The number of hydrogen-bond acceptors (Lipinski definition) is 4. The first kappa shape index (κ1) is 16.2. The molecule has 2 aromatic rings. The van der Waals surface area contributed by atoms with Gasteiger partial charge in [0.2, 0.25) is 0 Å². The van der Waals surface area contributed by atoms with Crippen molar-refractivity contribution in [3.05, 3.63) is 46.1 Å². The van der Waals surface area contributed by atoms with Crippen LogP contribution in [0.1, 0.15) is 29.8 Å². The summed E-state index contributed by atoms with van der Waals surface area (Å²) in [7, 11) is 1.43. The van der Waals surface area contributed by atoms with Crippen LogP contribution in [0.25, 0.3) is 11.0 Å². The molecule has 1 amide bonds. The molecule has 1 aromatic carbocycles. The van der Waals surface area contributed by atoms with E-state index < -0.39 is 17.2 Å². The molecule has 0 spiro atoms. The lowest BCUT2D eigenvalue weighted by Crippen LogP contribution is -2.19. The van der Waals surface area contributed by atoms with Gasteiger partial charge in [0.1, 0.15) is 11.4 Å². The van der Waals surface area contributed by atoms with Crippen LogP contribution in [-0.2, 0) is 4.74 Å². The second-order valence-electron chi connectivity index (χ2n) is 4.87. The SMILES string of the molecule is C1CCOCC1.CNC(=O)c1cc(=O)c2cc(F)ccc2o1. The minimum absolute atomic E-state index is 0.0911. The van der Waals surface area contributed by atoms with Crippen LogP contribution in [-0.4, -0.2) is 26.2 Å². The molecule has 0 radical (unpaired) electrons. The predicted octanol–water partition coefficient (Wildman–Crippen LogP) is 2.48. The molecule has 5 nitrogen and oxygen atoms in total. The number of carbonyl (C=O) groups is 1. The van der Waals surface area contributed by atoms with Gasteiger partial charge in [0.15, 0.2) is 11.2 Å². The highest BCUT2D eigenvalue weighted by Gasteiger charge is 2.10. The van der Waals surface area contributed by atoms with Gasteiger partial charge in [-0.2, -0.15) is 0 Å². The lowest BCUT2D eigenvalue weighted by atomic mass is 10.2. The summed E-state index contributed by atoms with van der Waals surface area (Å²) in [5, 5.41) is 2.46. The first-order valence-corrected chi connectivity index (χ1v) is 7.15. The molecule has 3 rings (SSSR count). The van der Waals surface area contributed by atoms with E-state index in [9.17, 15) is 14.0 Å². The number of amides is 1. The Labute approximate surface area is 127 Å². The molecule has 1 N–H and O–H groups in total. The summed E-state index contributed by atoms with van der Waals surface area (Å²) in [5.74, 6) is -1.11. The summed E-state index contributed by atoms with van der Waals surface area (Å²) >= 11 is 0. The van der Waals surface area contributed by atoms with Crippen LogP contribution < -0.4 is 10.7 Å². The number of ether oxygens (including phenoxy) is 1. The van der Waals surface area contributed by atoms with Crippen LogP contribution in [0.15, 0.2) is 33.5 Å². The average molecular weight is 307 g/mol. The highest BCUT2D eigenvalue weighted by Crippen LogP contribution is 2.13. The molecule has 0 bridgehead atoms.